The predicted molar refractivity (Wildman–Crippen MR) is 114 cm³/mol. The van der Waals surface area contributed by atoms with E-state index < -0.39 is 10.0 Å². The van der Waals surface area contributed by atoms with E-state index in [1.54, 1.807) is 36.4 Å². The minimum Gasteiger partial charge on any atom is -0.494 e. The van der Waals surface area contributed by atoms with Crippen molar-refractivity contribution in [2.75, 3.05) is 11.3 Å². The second-order valence-electron chi connectivity index (χ2n) is 7.43. The van der Waals surface area contributed by atoms with Crippen LogP contribution in [0.5, 0.6) is 5.75 Å². The molecule has 1 aliphatic rings. The SMILES string of the molecule is CCOc1ccc(S(=O)(=O)Nc2cccc(C(=O)NC3CCCCC3C)c2)cc1. The molecule has 0 aliphatic heterocycles. The summed E-state index contributed by atoms with van der Waals surface area (Å²) in [5.74, 6) is 0.891. The van der Waals surface area contributed by atoms with Gasteiger partial charge in [0.05, 0.1) is 11.5 Å². The van der Waals surface area contributed by atoms with Gasteiger partial charge in [0.25, 0.3) is 15.9 Å². The Bertz CT molecular complexity index is 942. The normalized spacial score (nSPS) is 19.4. The molecule has 0 saturated heterocycles. The largest absolute Gasteiger partial charge is 0.494 e. The van der Waals surface area contributed by atoms with E-state index in [1.807, 2.05) is 6.92 Å². The molecule has 1 aliphatic carbocycles. The molecule has 29 heavy (non-hydrogen) atoms. The summed E-state index contributed by atoms with van der Waals surface area (Å²) in [6.45, 7) is 4.54. The number of sulfonamides is 1. The highest BCUT2D eigenvalue weighted by Crippen LogP contribution is 2.24. The van der Waals surface area contributed by atoms with E-state index in [4.69, 9.17) is 4.74 Å². The van der Waals surface area contributed by atoms with Gasteiger partial charge in [0.2, 0.25) is 0 Å². The summed E-state index contributed by atoms with van der Waals surface area (Å²) in [6.07, 6.45) is 4.43. The number of carbonyl (C=O) groups is 1. The molecule has 2 N–H and O–H groups in total. The molecule has 6 nitrogen and oxygen atoms in total. The maximum atomic E-state index is 12.7. The lowest BCUT2D eigenvalue weighted by Crippen LogP contribution is -2.41. The van der Waals surface area contributed by atoms with Gasteiger partial charge in [0.1, 0.15) is 5.75 Å². The Morgan fingerprint density at radius 1 is 1.10 bits per heavy atom. The van der Waals surface area contributed by atoms with Gasteiger partial charge in [-0.2, -0.15) is 0 Å². The molecule has 2 atom stereocenters. The van der Waals surface area contributed by atoms with E-state index in [0.29, 0.717) is 29.5 Å². The Morgan fingerprint density at radius 2 is 1.83 bits per heavy atom. The van der Waals surface area contributed by atoms with Crippen LogP contribution < -0.4 is 14.8 Å². The van der Waals surface area contributed by atoms with Gasteiger partial charge in [0, 0.05) is 17.3 Å². The first kappa shape index (κ1) is 21.2. The van der Waals surface area contributed by atoms with Crippen molar-refractivity contribution in [2.45, 2.75) is 50.5 Å². The third-order valence-corrected chi connectivity index (χ3v) is 6.65. The van der Waals surface area contributed by atoms with Gasteiger partial charge in [-0.1, -0.05) is 25.8 Å². The topological polar surface area (TPSA) is 84.5 Å². The first-order valence-corrected chi connectivity index (χ1v) is 11.5. The van der Waals surface area contributed by atoms with Crippen LogP contribution in [0.2, 0.25) is 0 Å². The lowest BCUT2D eigenvalue weighted by Gasteiger charge is -2.29. The second kappa shape index (κ2) is 9.31. The van der Waals surface area contributed by atoms with Gasteiger partial charge in [0.15, 0.2) is 0 Å². The number of hydrogen-bond acceptors (Lipinski definition) is 4. The van der Waals surface area contributed by atoms with Gasteiger partial charge in [-0.15, -0.1) is 0 Å². The molecule has 0 aromatic heterocycles. The third kappa shape index (κ3) is 5.50. The number of amides is 1. The van der Waals surface area contributed by atoms with Crippen LogP contribution >= 0.6 is 0 Å². The molecule has 156 valence electrons. The lowest BCUT2D eigenvalue weighted by atomic mass is 9.86. The molecule has 1 amide bonds. The molecular weight excluding hydrogens is 388 g/mol. The maximum Gasteiger partial charge on any atom is 0.261 e. The first-order chi connectivity index (χ1) is 13.9. The minimum absolute atomic E-state index is 0.131. The summed E-state index contributed by atoms with van der Waals surface area (Å²) >= 11 is 0. The fraction of sp³-hybridized carbons (Fsp3) is 0.409. The monoisotopic (exact) mass is 416 g/mol. The molecule has 0 radical (unpaired) electrons. The number of carbonyl (C=O) groups excluding carboxylic acids is 1. The summed E-state index contributed by atoms with van der Waals surface area (Å²) in [6, 6.07) is 13.0. The number of anilines is 1. The average molecular weight is 417 g/mol. The molecule has 2 aromatic rings. The highest BCUT2D eigenvalue weighted by molar-refractivity contribution is 7.92. The molecular formula is C22H28N2O4S. The van der Waals surface area contributed by atoms with Crippen molar-refractivity contribution in [3.05, 3.63) is 54.1 Å². The van der Waals surface area contributed by atoms with E-state index in [0.717, 1.165) is 19.3 Å². The molecule has 0 bridgehead atoms. The van der Waals surface area contributed by atoms with Crippen LogP contribution in [-0.2, 0) is 10.0 Å². The van der Waals surface area contributed by atoms with Crippen molar-refractivity contribution in [3.63, 3.8) is 0 Å². The van der Waals surface area contributed by atoms with E-state index in [-0.39, 0.29) is 16.8 Å². The number of ether oxygens (including phenoxy) is 1. The Labute approximate surface area is 172 Å². The highest BCUT2D eigenvalue weighted by Gasteiger charge is 2.23. The summed E-state index contributed by atoms with van der Waals surface area (Å²) in [5.41, 5.74) is 0.790. The molecule has 3 rings (SSSR count). The smallest absolute Gasteiger partial charge is 0.261 e. The Kier molecular flexibility index (Phi) is 6.79. The summed E-state index contributed by atoms with van der Waals surface area (Å²) in [4.78, 5) is 12.8. The Balaban J connectivity index is 1.70. The van der Waals surface area contributed by atoms with E-state index in [1.165, 1.54) is 18.6 Å². The minimum atomic E-state index is -3.76. The molecule has 0 spiro atoms. The molecule has 2 unspecified atom stereocenters. The fourth-order valence-corrected chi connectivity index (χ4v) is 4.65. The van der Waals surface area contributed by atoms with Crippen molar-refractivity contribution in [2.24, 2.45) is 5.92 Å². The number of hydrogen-bond donors (Lipinski definition) is 2. The van der Waals surface area contributed by atoms with E-state index in [9.17, 15) is 13.2 Å². The van der Waals surface area contributed by atoms with E-state index >= 15 is 0 Å². The van der Waals surface area contributed by atoms with Crippen LogP contribution in [0.15, 0.2) is 53.4 Å². The average Bonchev–Trinajstić information content (AvgIpc) is 2.70. The molecule has 2 aromatic carbocycles. The highest BCUT2D eigenvalue weighted by atomic mass is 32.2. The molecule has 1 saturated carbocycles. The van der Waals surface area contributed by atoms with Gasteiger partial charge in [-0.05, 0) is 68.1 Å². The van der Waals surface area contributed by atoms with Gasteiger partial charge >= 0.3 is 0 Å². The Morgan fingerprint density at radius 3 is 2.52 bits per heavy atom. The molecule has 1 fully saturated rings. The van der Waals surface area contributed by atoms with Crippen LogP contribution in [0.4, 0.5) is 5.69 Å². The third-order valence-electron chi connectivity index (χ3n) is 5.25. The van der Waals surface area contributed by atoms with Crippen LogP contribution in [0.3, 0.4) is 0 Å². The summed E-state index contributed by atoms with van der Waals surface area (Å²) in [7, 11) is -3.76. The quantitative estimate of drug-likeness (QED) is 0.709. The zero-order valence-electron chi connectivity index (χ0n) is 16.9. The van der Waals surface area contributed by atoms with Crippen LogP contribution in [-0.4, -0.2) is 27.0 Å². The summed E-state index contributed by atoms with van der Waals surface area (Å²) < 4.78 is 33.2. The van der Waals surface area contributed by atoms with Gasteiger partial charge in [-0.3, -0.25) is 9.52 Å². The Hall–Kier alpha value is -2.54. The van der Waals surface area contributed by atoms with Crippen molar-refractivity contribution in [1.82, 2.24) is 5.32 Å². The zero-order valence-corrected chi connectivity index (χ0v) is 17.7. The second-order valence-corrected chi connectivity index (χ2v) is 9.11. The van der Waals surface area contributed by atoms with Crippen molar-refractivity contribution >= 4 is 21.6 Å². The van der Waals surface area contributed by atoms with Crippen molar-refractivity contribution in [3.8, 4) is 5.75 Å². The number of nitrogens with one attached hydrogen (secondary N) is 2. The summed E-state index contributed by atoms with van der Waals surface area (Å²) in [5, 5.41) is 3.09. The van der Waals surface area contributed by atoms with Crippen LogP contribution in [0, 0.1) is 5.92 Å². The van der Waals surface area contributed by atoms with Gasteiger partial charge in [-0.25, -0.2) is 8.42 Å². The van der Waals surface area contributed by atoms with Gasteiger partial charge < -0.3 is 10.1 Å². The van der Waals surface area contributed by atoms with Crippen molar-refractivity contribution in [1.29, 1.82) is 0 Å². The molecule has 7 heteroatoms. The zero-order chi connectivity index (χ0) is 20.9. The number of rotatable bonds is 7. The lowest BCUT2D eigenvalue weighted by molar-refractivity contribution is 0.0910. The van der Waals surface area contributed by atoms with Crippen molar-refractivity contribution < 1.29 is 17.9 Å². The fourth-order valence-electron chi connectivity index (χ4n) is 3.60. The first-order valence-electron chi connectivity index (χ1n) is 10.1. The predicted octanol–water partition coefficient (Wildman–Crippen LogP) is 4.19. The maximum absolute atomic E-state index is 12.7. The van der Waals surface area contributed by atoms with E-state index in [2.05, 4.69) is 17.0 Å². The van der Waals surface area contributed by atoms with Crippen LogP contribution in [0.1, 0.15) is 49.9 Å². The van der Waals surface area contributed by atoms with Crippen LogP contribution in [0.25, 0.3) is 0 Å². The molecule has 0 heterocycles. The number of benzene rings is 2. The standard InChI is InChI=1S/C22H28N2O4S/c1-3-28-19-11-13-20(14-12-19)29(26,27)24-18-9-6-8-17(15-18)22(25)23-21-10-5-4-7-16(21)2/h6,8-9,11-16,21,24H,3-5,7,10H2,1-2H3,(H,23,25).